The summed E-state index contributed by atoms with van der Waals surface area (Å²) >= 11 is 0. The molecule has 1 atom stereocenters. The molecule has 0 aliphatic rings. The molecule has 98 valence electrons. The fourth-order valence-corrected chi connectivity index (χ4v) is 2.23. The molecule has 0 saturated heterocycles. The first-order valence-electron chi connectivity index (χ1n) is 6.33. The topological polar surface area (TPSA) is 17.4 Å². The number of hydrogen-bond donors (Lipinski definition) is 0. The summed E-state index contributed by atoms with van der Waals surface area (Å²) in [6.45, 7) is 5.35. The number of aryl methyl sites for hydroxylation is 1. The van der Waals surface area contributed by atoms with Gasteiger partial charge in [-0.2, -0.15) is 0 Å². The van der Waals surface area contributed by atoms with Crippen molar-refractivity contribution in [1.82, 2.24) is 9.47 Å². The number of hydrogen-bond acceptors (Lipinski definition) is 2. The molecule has 2 rings (SSSR count). The van der Waals surface area contributed by atoms with Crippen LogP contribution in [-0.2, 0) is 6.54 Å². The van der Waals surface area contributed by atoms with Crippen LogP contribution in [0, 0.1) is 6.92 Å². The molecule has 0 aliphatic carbocycles. The Labute approximate surface area is 109 Å². The van der Waals surface area contributed by atoms with Crippen LogP contribution >= 0.6 is 0 Å². The Balaban J connectivity index is 2.40. The van der Waals surface area contributed by atoms with E-state index in [1.165, 1.54) is 16.5 Å². The van der Waals surface area contributed by atoms with E-state index in [0.29, 0.717) is 6.04 Å². The van der Waals surface area contributed by atoms with E-state index in [1.54, 1.807) is 7.11 Å². The van der Waals surface area contributed by atoms with E-state index in [1.807, 2.05) is 0 Å². The molecule has 1 aromatic heterocycles. The molecule has 0 saturated carbocycles. The summed E-state index contributed by atoms with van der Waals surface area (Å²) in [5.74, 6) is 0.959. The predicted molar refractivity (Wildman–Crippen MR) is 76.4 cm³/mol. The Hall–Kier alpha value is -1.48. The molecule has 0 fully saturated rings. The minimum Gasteiger partial charge on any atom is -0.496 e. The van der Waals surface area contributed by atoms with Gasteiger partial charge in [-0.3, -0.25) is 0 Å². The monoisotopic (exact) mass is 246 g/mol. The second-order valence-electron chi connectivity index (χ2n) is 5.11. The van der Waals surface area contributed by atoms with E-state index in [2.05, 4.69) is 61.8 Å². The fraction of sp³-hybridized carbons (Fsp3) is 0.467. The molecule has 0 amide bonds. The SMILES string of the molecule is COc1ccc2c(ccn2C[C@@H](C)N(C)C)c1C. The van der Waals surface area contributed by atoms with Gasteiger partial charge in [-0.15, -0.1) is 0 Å². The maximum absolute atomic E-state index is 5.36. The molecule has 3 heteroatoms. The highest BCUT2D eigenvalue weighted by atomic mass is 16.5. The zero-order valence-electron chi connectivity index (χ0n) is 11.9. The summed E-state index contributed by atoms with van der Waals surface area (Å²) in [4.78, 5) is 2.24. The third kappa shape index (κ3) is 2.23. The van der Waals surface area contributed by atoms with Gasteiger partial charge in [-0.25, -0.2) is 0 Å². The van der Waals surface area contributed by atoms with Gasteiger partial charge in [-0.05, 0) is 46.1 Å². The molecular formula is C15H22N2O. The van der Waals surface area contributed by atoms with Crippen molar-refractivity contribution in [2.24, 2.45) is 0 Å². The van der Waals surface area contributed by atoms with Crippen molar-refractivity contribution in [2.75, 3.05) is 21.2 Å². The Morgan fingerprint density at radius 2 is 2.00 bits per heavy atom. The van der Waals surface area contributed by atoms with Crippen molar-refractivity contribution in [2.45, 2.75) is 26.4 Å². The first-order valence-corrected chi connectivity index (χ1v) is 6.33. The summed E-state index contributed by atoms with van der Waals surface area (Å²) in [6, 6.07) is 6.89. The lowest BCUT2D eigenvalue weighted by atomic mass is 10.1. The molecule has 1 heterocycles. The highest BCUT2D eigenvalue weighted by molar-refractivity contribution is 5.85. The van der Waals surface area contributed by atoms with E-state index in [9.17, 15) is 0 Å². The number of likely N-dealkylation sites (N-methyl/N-ethyl adjacent to an activating group) is 1. The summed E-state index contributed by atoms with van der Waals surface area (Å²) in [5.41, 5.74) is 2.49. The summed E-state index contributed by atoms with van der Waals surface area (Å²) < 4.78 is 7.68. The minimum atomic E-state index is 0.517. The number of rotatable bonds is 4. The second-order valence-corrected chi connectivity index (χ2v) is 5.11. The second kappa shape index (κ2) is 5.02. The van der Waals surface area contributed by atoms with Crippen LogP contribution in [0.15, 0.2) is 24.4 Å². The first-order chi connectivity index (χ1) is 8.54. The number of fused-ring (bicyclic) bond motifs is 1. The van der Waals surface area contributed by atoms with Crippen molar-refractivity contribution in [1.29, 1.82) is 0 Å². The summed E-state index contributed by atoms with van der Waals surface area (Å²) in [6.07, 6.45) is 2.16. The molecule has 0 radical (unpaired) electrons. The van der Waals surface area contributed by atoms with Crippen molar-refractivity contribution < 1.29 is 4.74 Å². The lowest BCUT2D eigenvalue weighted by Crippen LogP contribution is -2.28. The normalized spacial score (nSPS) is 13.2. The molecule has 0 bridgehead atoms. The summed E-state index contributed by atoms with van der Waals surface area (Å²) in [7, 11) is 5.95. The molecule has 0 unspecified atom stereocenters. The van der Waals surface area contributed by atoms with E-state index < -0.39 is 0 Å². The van der Waals surface area contributed by atoms with E-state index >= 15 is 0 Å². The van der Waals surface area contributed by atoms with Gasteiger partial charge in [0, 0.05) is 35.2 Å². The Morgan fingerprint density at radius 3 is 2.61 bits per heavy atom. The van der Waals surface area contributed by atoms with Gasteiger partial charge in [0.1, 0.15) is 5.75 Å². The first kappa shape index (κ1) is 13.0. The van der Waals surface area contributed by atoms with Gasteiger partial charge in [0.2, 0.25) is 0 Å². The number of aromatic nitrogens is 1. The van der Waals surface area contributed by atoms with Gasteiger partial charge >= 0.3 is 0 Å². The number of nitrogens with zero attached hydrogens (tertiary/aromatic N) is 2. The predicted octanol–water partition coefficient (Wildman–Crippen LogP) is 2.91. The molecule has 0 spiro atoms. The standard InChI is InChI=1S/C15H22N2O/c1-11(16(3)4)10-17-9-8-13-12(2)15(18-5)7-6-14(13)17/h6-9,11H,10H2,1-5H3/t11-/m1/s1. The molecule has 0 N–H and O–H groups in total. The Morgan fingerprint density at radius 1 is 1.28 bits per heavy atom. The van der Waals surface area contributed by atoms with Crippen LogP contribution in [0.1, 0.15) is 12.5 Å². The van der Waals surface area contributed by atoms with Crippen molar-refractivity contribution >= 4 is 10.9 Å². The Kier molecular flexibility index (Phi) is 3.62. The lowest BCUT2D eigenvalue weighted by molar-refractivity contribution is 0.286. The maximum Gasteiger partial charge on any atom is 0.122 e. The van der Waals surface area contributed by atoms with Crippen LogP contribution in [0.2, 0.25) is 0 Å². The number of methoxy groups -OCH3 is 1. The van der Waals surface area contributed by atoms with Crippen LogP contribution in [0.25, 0.3) is 10.9 Å². The van der Waals surface area contributed by atoms with Crippen LogP contribution < -0.4 is 4.74 Å². The van der Waals surface area contributed by atoms with Crippen molar-refractivity contribution in [3.05, 3.63) is 30.0 Å². The largest absolute Gasteiger partial charge is 0.496 e. The van der Waals surface area contributed by atoms with E-state index in [4.69, 9.17) is 4.74 Å². The Bertz CT molecular complexity index is 543. The molecule has 0 aliphatic heterocycles. The summed E-state index contributed by atoms with van der Waals surface area (Å²) in [5, 5.41) is 1.28. The smallest absolute Gasteiger partial charge is 0.122 e. The van der Waals surface area contributed by atoms with Crippen LogP contribution in [0.3, 0.4) is 0 Å². The third-order valence-corrected chi connectivity index (χ3v) is 3.74. The zero-order valence-corrected chi connectivity index (χ0v) is 11.9. The van der Waals surface area contributed by atoms with E-state index in [-0.39, 0.29) is 0 Å². The van der Waals surface area contributed by atoms with Crippen molar-refractivity contribution in [3.63, 3.8) is 0 Å². The van der Waals surface area contributed by atoms with Crippen LogP contribution in [-0.4, -0.2) is 36.7 Å². The molecule has 18 heavy (non-hydrogen) atoms. The average molecular weight is 246 g/mol. The average Bonchev–Trinajstić information content (AvgIpc) is 2.74. The van der Waals surface area contributed by atoms with Crippen LogP contribution in [0.4, 0.5) is 0 Å². The van der Waals surface area contributed by atoms with Gasteiger partial charge in [0.25, 0.3) is 0 Å². The lowest BCUT2D eigenvalue weighted by Gasteiger charge is -2.21. The van der Waals surface area contributed by atoms with Gasteiger partial charge in [0.05, 0.1) is 7.11 Å². The maximum atomic E-state index is 5.36. The third-order valence-electron chi connectivity index (χ3n) is 3.74. The number of benzene rings is 1. The fourth-order valence-electron chi connectivity index (χ4n) is 2.23. The van der Waals surface area contributed by atoms with Crippen molar-refractivity contribution in [3.8, 4) is 5.75 Å². The van der Waals surface area contributed by atoms with Gasteiger partial charge < -0.3 is 14.2 Å². The van der Waals surface area contributed by atoms with Crippen LogP contribution in [0.5, 0.6) is 5.75 Å². The van der Waals surface area contributed by atoms with E-state index in [0.717, 1.165) is 12.3 Å². The minimum absolute atomic E-state index is 0.517. The molecule has 2 aromatic rings. The quantitative estimate of drug-likeness (QED) is 0.825. The highest BCUT2D eigenvalue weighted by Crippen LogP contribution is 2.28. The molecular weight excluding hydrogens is 224 g/mol. The molecule has 1 aromatic carbocycles. The zero-order chi connectivity index (χ0) is 13.3. The highest BCUT2D eigenvalue weighted by Gasteiger charge is 2.10. The van der Waals surface area contributed by atoms with Gasteiger partial charge in [-0.1, -0.05) is 0 Å². The molecule has 3 nitrogen and oxygen atoms in total. The van der Waals surface area contributed by atoms with Gasteiger partial charge in [0.15, 0.2) is 0 Å². The number of ether oxygens (including phenoxy) is 1.